The Bertz CT molecular complexity index is 634. The highest BCUT2D eigenvalue weighted by molar-refractivity contribution is 5.94. The third-order valence-electron chi connectivity index (χ3n) is 3.80. The standard InChI is InChI=1S/C15H18N4O/c1-11-10-19(14-6-4-3-5-13(11)14)15(20)16-9-12-7-8-17-18(12)2/h3-8,11H,9-10H2,1-2H3,(H,16,20). The monoisotopic (exact) mass is 270 g/mol. The van der Waals surface area contributed by atoms with Crippen LogP contribution in [-0.2, 0) is 13.6 Å². The third-order valence-corrected chi connectivity index (χ3v) is 3.80. The number of nitrogens with one attached hydrogen (secondary N) is 1. The Balaban J connectivity index is 1.71. The van der Waals surface area contributed by atoms with Crippen molar-refractivity contribution in [2.24, 2.45) is 7.05 Å². The van der Waals surface area contributed by atoms with Crippen molar-refractivity contribution in [3.63, 3.8) is 0 Å². The lowest BCUT2D eigenvalue weighted by atomic mass is 10.0. The minimum Gasteiger partial charge on any atom is -0.332 e. The molecular formula is C15H18N4O. The van der Waals surface area contributed by atoms with Gasteiger partial charge in [-0.15, -0.1) is 0 Å². The van der Waals surface area contributed by atoms with Gasteiger partial charge in [-0.1, -0.05) is 25.1 Å². The number of amides is 2. The highest BCUT2D eigenvalue weighted by Gasteiger charge is 2.29. The molecule has 104 valence electrons. The molecule has 2 heterocycles. The molecule has 2 aromatic rings. The maximum absolute atomic E-state index is 12.3. The quantitative estimate of drug-likeness (QED) is 0.910. The van der Waals surface area contributed by atoms with E-state index in [1.165, 1.54) is 5.56 Å². The van der Waals surface area contributed by atoms with Crippen molar-refractivity contribution in [1.82, 2.24) is 15.1 Å². The van der Waals surface area contributed by atoms with E-state index < -0.39 is 0 Å². The summed E-state index contributed by atoms with van der Waals surface area (Å²) in [7, 11) is 1.87. The van der Waals surface area contributed by atoms with Gasteiger partial charge in [0.05, 0.1) is 12.2 Å². The second kappa shape index (κ2) is 5.00. The first-order valence-corrected chi connectivity index (χ1v) is 6.78. The second-order valence-electron chi connectivity index (χ2n) is 5.18. The van der Waals surface area contributed by atoms with Crippen molar-refractivity contribution in [2.75, 3.05) is 11.4 Å². The number of anilines is 1. The van der Waals surface area contributed by atoms with Gasteiger partial charge < -0.3 is 5.32 Å². The van der Waals surface area contributed by atoms with Gasteiger partial charge in [-0.25, -0.2) is 4.79 Å². The molecule has 0 fully saturated rings. The summed E-state index contributed by atoms with van der Waals surface area (Å²) in [5.41, 5.74) is 3.24. The first-order chi connectivity index (χ1) is 9.66. The number of rotatable bonds is 2. The molecule has 5 heteroatoms. The number of aryl methyl sites for hydroxylation is 1. The fourth-order valence-corrected chi connectivity index (χ4v) is 2.65. The van der Waals surface area contributed by atoms with Crippen LogP contribution < -0.4 is 10.2 Å². The molecule has 1 aromatic heterocycles. The Labute approximate surface area is 118 Å². The van der Waals surface area contributed by atoms with Crippen LogP contribution in [0.5, 0.6) is 0 Å². The molecule has 0 spiro atoms. The van der Waals surface area contributed by atoms with Crippen molar-refractivity contribution >= 4 is 11.7 Å². The van der Waals surface area contributed by atoms with E-state index in [9.17, 15) is 4.79 Å². The first-order valence-electron chi connectivity index (χ1n) is 6.78. The van der Waals surface area contributed by atoms with E-state index in [0.717, 1.165) is 17.9 Å². The summed E-state index contributed by atoms with van der Waals surface area (Å²) >= 11 is 0. The molecule has 5 nitrogen and oxygen atoms in total. The van der Waals surface area contributed by atoms with E-state index in [0.29, 0.717) is 12.5 Å². The highest BCUT2D eigenvalue weighted by atomic mass is 16.2. The summed E-state index contributed by atoms with van der Waals surface area (Å²) < 4.78 is 1.76. The predicted molar refractivity (Wildman–Crippen MR) is 77.6 cm³/mol. The molecule has 1 aromatic carbocycles. The number of para-hydroxylation sites is 1. The Hall–Kier alpha value is -2.30. The number of aromatic nitrogens is 2. The van der Waals surface area contributed by atoms with Gasteiger partial charge in [-0.05, 0) is 17.7 Å². The van der Waals surface area contributed by atoms with E-state index in [1.54, 1.807) is 10.9 Å². The van der Waals surface area contributed by atoms with Gasteiger partial charge in [-0.3, -0.25) is 9.58 Å². The molecule has 2 amide bonds. The molecule has 0 radical (unpaired) electrons. The Kier molecular flexibility index (Phi) is 3.18. The fourth-order valence-electron chi connectivity index (χ4n) is 2.65. The minimum absolute atomic E-state index is 0.0528. The van der Waals surface area contributed by atoms with E-state index in [-0.39, 0.29) is 6.03 Å². The topological polar surface area (TPSA) is 50.2 Å². The molecule has 1 atom stereocenters. The Morgan fingerprint density at radius 3 is 2.95 bits per heavy atom. The zero-order valence-corrected chi connectivity index (χ0v) is 11.7. The molecule has 3 rings (SSSR count). The van der Waals surface area contributed by atoms with Gasteiger partial charge in [-0.2, -0.15) is 5.10 Å². The molecule has 0 aliphatic carbocycles. The minimum atomic E-state index is -0.0528. The number of hydrogen-bond donors (Lipinski definition) is 1. The summed E-state index contributed by atoms with van der Waals surface area (Å²) in [5, 5.41) is 7.05. The molecular weight excluding hydrogens is 252 g/mol. The van der Waals surface area contributed by atoms with Crippen molar-refractivity contribution in [3.8, 4) is 0 Å². The van der Waals surface area contributed by atoms with Crippen LogP contribution in [0.4, 0.5) is 10.5 Å². The van der Waals surface area contributed by atoms with Crippen LogP contribution in [0.15, 0.2) is 36.5 Å². The number of benzene rings is 1. The van der Waals surface area contributed by atoms with E-state index in [1.807, 2.05) is 36.2 Å². The molecule has 0 bridgehead atoms. The van der Waals surface area contributed by atoms with Gasteiger partial charge in [0, 0.05) is 31.4 Å². The molecule has 1 N–H and O–H groups in total. The second-order valence-corrected chi connectivity index (χ2v) is 5.18. The van der Waals surface area contributed by atoms with Crippen LogP contribution in [0.25, 0.3) is 0 Å². The van der Waals surface area contributed by atoms with Crippen LogP contribution in [0.3, 0.4) is 0 Å². The van der Waals surface area contributed by atoms with Crippen molar-refractivity contribution in [2.45, 2.75) is 19.4 Å². The molecule has 1 aliphatic heterocycles. The summed E-state index contributed by atoms with van der Waals surface area (Å²) in [6, 6.07) is 9.94. The number of carbonyl (C=O) groups is 1. The lowest BCUT2D eigenvalue weighted by Crippen LogP contribution is -2.39. The predicted octanol–water partition coefficient (Wildman–Crippen LogP) is 2.25. The molecule has 20 heavy (non-hydrogen) atoms. The van der Waals surface area contributed by atoms with Gasteiger partial charge in [0.25, 0.3) is 0 Å². The number of carbonyl (C=O) groups excluding carboxylic acids is 1. The lowest BCUT2D eigenvalue weighted by Gasteiger charge is -2.18. The molecule has 1 aliphatic rings. The Morgan fingerprint density at radius 1 is 1.40 bits per heavy atom. The summed E-state index contributed by atoms with van der Waals surface area (Å²) in [6.07, 6.45) is 1.73. The molecule has 1 unspecified atom stereocenters. The highest BCUT2D eigenvalue weighted by Crippen LogP contribution is 2.35. The van der Waals surface area contributed by atoms with E-state index in [4.69, 9.17) is 0 Å². The smallest absolute Gasteiger partial charge is 0.322 e. The molecule has 0 saturated carbocycles. The maximum atomic E-state index is 12.3. The SMILES string of the molecule is CC1CN(C(=O)NCc2ccnn2C)c2ccccc21. The van der Waals surface area contributed by atoms with Crippen molar-refractivity contribution in [1.29, 1.82) is 0 Å². The van der Waals surface area contributed by atoms with Crippen LogP contribution >= 0.6 is 0 Å². The van der Waals surface area contributed by atoms with Crippen LogP contribution in [0.1, 0.15) is 24.1 Å². The average Bonchev–Trinajstić information content (AvgIpc) is 3.01. The maximum Gasteiger partial charge on any atom is 0.322 e. The lowest BCUT2D eigenvalue weighted by molar-refractivity contribution is 0.246. The van der Waals surface area contributed by atoms with Crippen LogP contribution in [0.2, 0.25) is 0 Å². The van der Waals surface area contributed by atoms with Gasteiger partial charge in [0.2, 0.25) is 0 Å². The van der Waals surface area contributed by atoms with E-state index >= 15 is 0 Å². The number of urea groups is 1. The normalized spacial score (nSPS) is 17.1. The van der Waals surface area contributed by atoms with Crippen molar-refractivity contribution in [3.05, 3.63) is 47.8 Å². The first kappa shape index (κ1) is 12.7. The number of nitrogens with zero attached hydrogens (tertiary/aromatic N) is 3. The summed E-state index contributed by atoms with van der Waals surface area (Å²) in [6.45, 7) is 3.37. The van der Waals surface area contributed by atoms with Crippen LogP contribution in [-0.4, -0.2) is 22.4 Å². The zero-order chi connectivity index (χ0) is 14.1. The van der Waals surface area contributed by atoms with Gasteiger partial charge >= 0.3 is 6.03 Å². The van der Waals surface area contributed by atoms with E-state index in [2.05, 4.69) is 23.4 Å². The largest absolute Gasteiger partial charge is 0.332 e. The number of hydrogen-bond acceptors (Lipinski definition) is 2. The average molecular weight is 270 g/mol. The third kappa shape index (κ3) is 2.15. The van der Waals surface area contributed by atoms with Crippen LogP contribution in [0, 0.1) is 0 Å². The fraction of sp³-hybridized carbons (Fsp3) is 0.333. The Morgan fingerprint density at radius 2 is 2.20 bits per heavy atom. The zero-order valence-electron chi connectivity index (χ0n) is 11.7. The van der Waals surface area contributed by atoms with Gasteiger partial charge in [0.15, 0.2) is 0 Å². The van der Waals surface area contributed by atoms with Crippen molar-refractivity contribution < 1.29 is 4.79 Å². The number of fused-ring (bicyclic) bond motifs is 1. The molecule has 0 saturated heterocycles. The van der Waals surface area contributed by atoms with Gasteiger partial charge in [0.1, 0.15) is 0 Å². The summed E-state index contributed by atoms with van der Waals surface area (Å²) in [4.78, 5) is 14.2. The summed E-state index contributed by atoms with van der Waals surface area (Å²) in [5.74, 6) is 0.383.